The van der Waals surface area contributed by atoms with Crippen molar-refractivity contribution in [1.29, 1.82) is 0 Å². The fourth-order valence-electron chi connectivity index (χ4n) is 2.34. The molecule has 2 rings (SSSR count). The van der Waals surface area contributed by atoms with Gasteiger partial charge in [0.05, 0.1) is 12.3 Å². The lowest BCUT2D eigenvalue weighted by atomic mass is 9.97. The highest BCUT2D eigenvalue weighted by Crippen LogP contribution is 2.39. The molecule has 1 aromatic rings. The highest BCUT2D eigenvalue weighted by molar-refractivity contribution is 7.14. The summed E-state index contributed by atoms with van der Waals surface area (Å²) >= 11 is 17.8. The van der Waals surface area contributed by atoms with Gasteiger partial charge in [0.25, 0.3) is 0 Å². The number of thiophene rings is 1. The molecule has 0 amide bonds. The van der Waals surface area contributed by atoms with Crippen molar-refractivity contribution in [3.05, 3.63) is 15.3 Å². The van der Waals surface area contributed by atoms with Crippen molar-refractivity contribution >= 4 is 57.8 Å². The SMILES string of the molecule is CCOC(=O)c1sc2c(c1NC(O)OC(Cl)(Cl)Cl)CCCC2. The van der Waals surface area contributed by atoms with E-state index in [2.05, 4.69) is 5.32 Å². The topological polar surface area (TPSA) is 67.8 Å². The summed E-state index contributed by atoms with van der Waals surface area (Å²) in [5, 5.41) is 12.6. The molecule has 0 saturated heterocycles. The molecule has 1 aliphatic rings. The van der Waals surface area contributed by atoms with Crippen LogP contribution in [0.25, 0.3) is 0 Å². The second kappa shape index (κ2) is 7.55. The quantitative estimate of drug-likeness (QED) is 0.456. The molecular weight excluding hydrogens is 373 g/mol. The summed E-state index contributed by atoms with van der Waals surface area (Å²) < 4.78 is 7.79. The molecule has 0 aliphatic heterocycles. The second-order valence-corrected chi connectivity index (χ2v) is 7.98. The molecule has 0 aromatic carbocycles. The van der Waals surface area contributed by atoms with Gasteiger partial charge in [-0.1, -0.05) is 34.8 Å². The molecule has 0 spiro atoms. The summed E-state index contributed by atoms with van der Waals surface area (Å²) in [6.07, 6.45) is 2.25. The maximum atomic E-state index is 12.1. The number of anilines is 1. The van der Waals surface area contributed by atoms with Crippen LogP contribution in [0.2, 0.25) is 0 Å². The van der Waals surface area contributed by atoms with E-state index in [-0.39, 0.29) is 6.61 Å². The number of ether oxygens (including phenoxy) is 2. The number of aryl methyl sites for hydroxylation is 1. The number of esters is 1. The molecule has 0 fully saturated rings. The fourth-order valence-corrected chi connectivity index (χ4v) is 3.84. The lowest BCUT2D eigenvalue weighted by molar-refractivity contribution is -0.0830. The van der Waals surface area contributed by atoms with Crippen molar-refractivity contribution in [2.45, 2.75) is 43.0 Å². The molecule has 0 radical (unpaired) electrons. The molecule has 22 heavy (non-hydrogen) atoms. The Morgan fingerprint density at radius 2 is 2.09 bits per heavy atom. The van der Waals surface area contributed by atoms with Gasteiger partial charge in [0, 0.05) is 4.88 Å². The van der Waals surface area contributed by atoms with Crippen molar-refractivity contribution in [2.24, 2.45) is 0 Å². The predicted molar refractivity (Wildman–Crippen MR) is 87.9 cm³/mol. The van der Waals surface area contributed by atoms with Gasteiger partial charge in [-0.15, -0.1) is 11.3 Å². The summed E-state index contributed by atoms with van der Waals surface area (Å²) in [4.78, 5) is 13.6. The van der Waals surface area contributed by atoms with Gasteiger partial charge in [-0.3, -0.25) is 4.74 Å². The van der Waals surface area contributed by atoms with Crippen LogP contribution in [0, 0.1) is 0 Å². The standard InChI is InChI=1S/C13H16Cl3NO4S/c1-2-20-11(18)10-9(17-12(19)21-13(14,15)16)7-5-3-4-6-8(7)22-10/h12,17,19H,2-6H2,1H3. The molecule has 1 heterocycles. The van der Waals surface area contributed by atoms with E-state index in [0.29, 0.717) is 10.6 Å². The number of nitrogens with one attached hydrogen (secondary N) is 1. The minimum absolute atomic E-state index is 0.272. The first-order valence-electron chi connectivity index (χ1n) is 6.82. The van der Waals surface area contributed by atoms with Gasteiger partial charge in [-0.25, -0.2) is 4.79 Å². The first kappa shape index (κ1) is 18.1. The average molecular weight is 389 g/mol. The third-order valence-electron chi connectivity index (χ3n) is 3.15. The number of hydrogen-bond donors (Lipinski definition) is 2. The van der Waals surface area contributed by atoms with Crippen molar-refractivity contribution in [3.8, 4) is 0 Å². The normalized spacial score (nSPS) is 16.0. The molecule has 2 N–H and O–H groups in total. The average Bonchev–Trinajstić information content (AvgIpc) is 2.76. The molecule has 5 nitrogen and oxygen atoms in total. The van der Waals surface area contributed by atoms with Gasteiger partial charge in [0.2, 0.25) is 6.41 Å². The van der Waals surface area contributed by atoms with Crippen molar-refractivity contribution in [2.75, 3.05) is 11.9 Å². The Morgan fingerprint density at radius 1 is 1.41 bits per heavy atom. The van der Waals surface area contributed by atoms with Crippen LogP contribution in [0.4, 0.5) is 5.69 Å². The third kappa shape index (κ3) is 4.63. The van der Waals surface area contributed by atoms with Crippen LogP contribution in [0.5, 0.6) is 0 Å². The molecule has 9 heteroatoms. The fraction of sp³-hybridized carbons (Fsp3) is 0.615. The van der Waals surface area contributed by atoms with Crippen LogP contribution in [0.3, 0.4) is 0 Å². The number of aliphatic hydroxyl groups excluding tert-OH is 1. The number of hydrogen-bond acceptors (Lipinski definition) is 6. The van der Waals surface area contributed by atoms with Crippen LogP contribution in [-0.2, 0) is 22.3 Å². The van der Waals surface area contributed by atoms with Gasteiger partial charge >= 0.3 is 9.95 Å². The van der Waals surface area contributed by atoms with E-state index < -0.39 is 16.4 Å². The highest BCUT2D eigenvalue weighted by Gasteiger charge is 2.29. The zero-order chi connectivity index (χ0) is 16.3. The van der Waals surface area contributed by atoms with E-state index in [9.17, 15) is 9.90 Å². The molecule has 0 saturated carbocycles. The van der Waals surface area contributed by atoms with Crippen LogP contribution in [0.15, 0.2) is 0 Å². The van der Waals surface area contributed by atoms with Gasteiger partial charge < -0.3 is 15.2 Å². The first-order valence-corrected chi connectivity index (χ1v) is 8.77. The lowest BCUT2D eigenvalue weighted by Crippen LogP contribution is -2.29. The maximum Gasteiger partial charge on any atom is 0.350 e. The number of alkyl halides is 3. The molecule has 1 atom stereocenters. The summed E-state index contributed by atoms with van der Waals surface area (Å²) in [5.74, 6) is -0.439. The number of halogens is 3. The van der Waals surface area contributed by atoms with Crippen LogP contribution >= 0.6 is 46.1 Å². The van der Waals surface area contributed by atoms with Gasteiger partial charge in [0.1, 0.15) is 4.88 Å². The monoisotopic (exact) mass is 387 g/mol. The summed E-state index contributed by atoms with van der Waals surface area (Å²) in [6.45, 7) is 2.01. The van der Waals surface area contributed by atoms with E-state index in [4.69, 9.17) is 44.3 Å². The molecule has 0 bridgehead atoms. The zero-order valence-electron chi connectivity index (χ0n) is 11.8. The molecule has 1 aromatic heterocycles. The van der Waals surface area contributed by atoms with E-state index in [1.807, 2.05) is 0 Å². The largest absolute Gasteiger partial charge is 0.462 e. The summed E-state index contributed by atoms with van der Waals surface area (Å²) in [5.41, 5.74) is 1.49. The number of aliphatic hydroxyl groups is 1. The Balaban J connectivity index is 2.27. The Labute approximate surface area is 147 Å². The van der Waals surface area contributed by atoms with Crippen molar-refractivity contribution < 1.29 is 19.4 Å². The van der Waals surface area contributed by atoms with E-state index >= 15 is 0 Å². The van der Waals surface area contributed by atoms with Crippen LogP contribution in [0.1, 0.15) is 39.9 Å². The summed E-state index contributed by atoms with van der Waals surface area (Å²) in [6, 6.07) is 0. The van der Waals surface area contributed by atoms with Crippen LogP contribution < -0.4 is 5.32 Å². The van der Waals surface area contributed by atoms with Crippen molar-refractivity contribution in [1.82, 2.24) is 0 Å². The predicted octanol–water partition coefficient (Wildman–Crippen LogP) is 3.84. The van der Waals surface area contributed by atoms with Crippen LogP contribution in [-0.4, -0.2) is 28.1 Å². The molecule has 1 unspecified atom stereocenters. The molecular formula is C13H16Cl3NO4S. The number of carbonyl (C=O) groups is 1. The Kier molecular flexibility index (Phi) is 6.22. The maximum absolute atomic E-state index is 12.1. The van der Waals surface area contributed by atoms with E-state index in [0.717, 1.165) is 36.1 Å². The summed E-state index contributed by atoms with van der Waals surface area (Å²) in [7, 11) is 0. The zero-order valence-corrected chi connectivity index (χ0v) is 14.9. The Hall–Kier alpha value is -0.240. The number of fused-ring (bicyclic) bond motifs is 1. The minimum atomic E-state index is -2.06. The molecule has 1 aliphatic carbocycles. The molecule has 124 valence electrons. The lowest BCUT2D eigenvalue weighted by Gasteiger charge is -2.21. The van der Waals surface area contributed by atoms with Gasteiger partial charge in [-0.05, 0) is 38.2 Å². The van der Waals surface area contributed by atoms with E-state index in [1.165, 1.54) is 11.3 Å². The van der Waals surface area contributed by atoms with E-state index in [1.54, 1.807) is 6.92 Å². The minimum Gasteiger partial charge on any atom is -0.462 e. The van der Waals surface area contributed by atoms with Crippen molar-refractivity contribution in [3.63, 3.8) is 0 Å². The smallest absolute Gasteiger partial charge is 0.350 e. The number of carbonyl (C=O) groups excluding carboxylic acids is 1. The Bertz CT molecular complexity index is 544. The number of rotatable bonds is 5. The third-order valence-corrected chi connectivity index (χ3v) is 4.68. The van der Waals surface area contributed by atoms with Gasteiger partial charge in [-0.2, -0.15) is 0 Å². The highest BCUT2D eigenvalue weighted by atomic mass is 35.6. The van der Waals surface area contributed by atoms with Gasteiger partial charge in [0.15, 0.2) is 0 Å². The first-order chi connectivity index (χ1) is 10.3. The second-order valence-electron chi connectivity index (χ2n) is 4.70. The Morgan fingerprint density at radius 3 is 2.73 bits per heavy atom.